The highest BCUT2D eigenvalue weighted by Gasteiger charge is 2.26. The number of ether oxygens (including phenoxy) is 1. The van der Waals surface area contributed by atoms with Crippen LogP contribution in [0.25, 0.3) is 0 Å². The second-order valence-electron chi connectivity index (χ2n) is 6.09. The molecule has 0 saturated heterocycles. The van der Waals surface area contributed by atoms with Crippen LogP contribution in [0.4, 0.5) is 10.3 Å². The molecule has 0 spiro atoms. The monoisotopic (exact) mass is 483 g/mol. The van der Waals surface area contributed by atoms with Crippen LogP contribution in [0, 0.1) is 15.9 Å². The number of halogens is 3. The number of alkyl halides is 2. The van der Waals surface area contributed by atoms with Gasteiger partial charge in [0.15, 0.2) is 17.3 Å². The van der Waals surface area contributed by atoms with Gasteiger partial charge in [-0.25, -0.2) is 19.1 Å². The van der Waals surface area contributed by atoms with Crippen LogP contribution in [0.1, 0.15) is 11.3 Å². The first-order valence-electron chi connectivity index (χ1n) is 8.66. The molecule has 10 nitrogen and oxygen atoms in total. The van der Waals surface area contributed by atoms with Crippen molar-refractivity contribution in [2.75, 3.05) is 24.8 Å². The Labute approximate surface area is 182 Å². The number of rotatable bonds is 12. The van der Waals surface area contributed by atoms with Gasteiger partial charge in [-0.1, -0.05) is 11.1 Å². The van der Waals surface area contributed by atoms with Crippen LogP contribution in [-0.2, 0) is 29.4 Å². The number of aromatic nitrogens is 2. The van der Waals surface area contributed by atoms with Crippen molar-refractivity contribution in [1.82, 2.24) is 14.2 Å². The third kappa shape index (κ3) is 6.37. The fraction of sp³-hybridized carbons (Fsp3) is 0.438. The Morgan fingerprint density at radius 1 is 1.33 bits per heavy atom. The summed E-state index contributed by atoms with van der Waals surface area (Å²) in [6.45, 7) is 0.151. The molecule has 2 N–H and O–H groups in total. The third-order valence-corrected chi connectivity index (χ3v) is 6.12. The van der Waals surface area contributed by atoms with E-state index in [1.807, 2.05) is 0 Å². The molecule has 166 valence electrons. The van der Waals surface area contributed by atoms with Crippen molar-refractivity contribution in [3.63, 3.8) is 0 Å². The Morgan fingerprint density at radius 3 is 2.53 bits per heavy atom. The average molecular weight is 484 g/mol. The summed E-state index contributed by atoms with van der Waals surface area (Å²) in [5.41, 5.74) is 6.55. The van der Waals surface area contributed by atoms with Crippen molar-refractivity contribution in [2.45, 2.75) is 13.2 Å². The highest BCUT2D eigenvalue weighted by molar-refractivity contribution is 7.53. The fourth-order valence-electron chi connectivity index (χ4n) is 2.47. The zero-order valence-electron chi connectivity index (χ0n) is 16.0. The SMILES string of the molecule is Cn1c(COc2ccc(COP(N)(=O)N(CCCl)CCCl)cc2F)cnc1[N+](=O)[O-]. The summed E-state index contributed by atoms with van der Waals surface area (Å²) in [7, 11) is -2.18. The highest BCUT2D eigenvalue weighted by Crippen LogP contribution is 2.43. The predicted octanol–water partition coefficient (Wildman–Crippen LogP) is 3.41. The molecule has 0 bridgehead atoms. The van der Waals surface area contributed by atoms with Crippen molar-refractivity contribution in [3.8, 4) is 5.75 Å². The van der Waals surface area contributed by atoms with Crippen LogP contribution in [0.2, 0.25) is 0 Å². The van der Waals surface area contributed by atoms with Gasteiger partial charge >= 0.3 is 13.6 Å². The molecule has 0 fully saturated rings. The Morgan fingerprint density at radius 2 is 2.00 bits per heavy atom. The van der Waals surface area contributed by atoms with Crippen molar-refractivity contribution in [3.05, 3.63) is 51.6 Å². The largest absolute Gasteiger partial charge is 0.483 e. The quantitative estimate of drug-likeness (QED) is 0.210. The summed E-state index contributed by atoms with van der Waals surface area (Å²) in [6.07, 6.45) is 1.28. The van der Waals surface area contributed by atoms with Gasteiger partial charge in [-0.15, -0.1) is 23.2 Å². The minimum Gasteiger partial charge on any atom is -0.483 e. The van der Waals surface area contributed by atoms with Gasteiger partial charge in [-0.3, -0.25) is 4.57 Å². The molecular weight excluding hydrogens is 463 g/mol. The number of imidazole rings is 1. The Kier molecular flexibility index (Phi) is 9.02. The summed E-state index contributed by atoms with van der Waals surface area (Å²) >= 11 is 11.3. The van der Waals surface area contributed by atoms with Crippen LogP contribution < -0.4 is 10.2 Å². The van der Waals surface area contributed by atoms with Gasteiger partial charge < -0.3 is 19.4 Å². The van der Waals surface area contributed by atoms with E-state index in [0.717, 1.165) is 6.07 Å². The normalized spacial score (nSPS) is 13.4. The van der Waals surface area contributed by atoms with Gasteiger partial charge in [0.2, 0.25) is 0 Å². The molecule has 2 rings (SSSR count). The van der Waals surface area contributed by atoms with E-state index < -0.39 is 18.4 Å². The van der Waals surface area contributed by atoms with Gasteiger partial charge in [0, 0.05) is 24.8 Å². The van der Waals surface area contributed by atoms with Gasteiger partial charge in [0.25, 0.3) is 0 Å². The minimum absolute atomic E-state index is 0.0653. The van der Waals surface area contributed by atoms with E-state index in [9.17, 15) is 19.1 Å². The van der Waals surface area contributed by atoms with E-state index in [0.29, 0.717) is 11.3 Å². The van der Waals surface area contributed by atoms with E-state index in [2.05, 4.69) is 4.98 Å². The summed E-state index contributed by atoms with van der Waals surface area (Å²) in [5.74, 6) is -0.697. The molecule has 0 aliphatic carbocycles. The number of hydrogen-bond donors (Lipinski definition) is 1. The molecule has 1 unspecified atom stereocenters. The van der Waals surface area contributed by atoms with Crippen LogP contribution in [0.5, 0.6) is 5.75 Å². The first kappa shape index (κ1) is 24.5. The number of hydrogen-bond acceptors (Lipinski definition) is 6. The molecule has 0 saturated carbocycles. The topological polar surface area (TPSA) is 126 Å². The fourth-order valence-corrected chi connectivity index (χ4v) is 4.37. The maximum absolute atomic E-state index is 14.3. The predicted molar refractivity (Wildman–Crippen MR) is 110 cm³/mol. The number of benzene rings is 1. The Bertz CT molecular complexity index is 925. The van der Waals surface area contributed by atoms with E-state index in [1.165, 1.54) is 34.6 Å². The molecule has 1 heterocycles. The molecule has 1 atom stereocenters. The van der Waals surface area contributed by atoms with Crippen molar-refractivity contribution in [2.24, 2.45) is 12.6 Å². The molecule has 0 aliphatic heterocycles. The maximum atomic E-state index is 14.3. The summed E-state index contributed by atoms with van der Waals surface area (Å²) in [5, 5.41) is 10.8. The molecule has 0 amide bonds. The molecule has 14 heteroatoms. The smallest absolute Gasteiger partial charge is 0.434 e. The van der Waals surface area contributed by atoms with Gasteiger partial charge in [0.1, 0.15) is 12.8 Å². The first-order valence-corrected chi connectivity index (χ1v) is 11.4. The Balaban J connectivity index is 1.99. The van der Waals surface area contributed by atoms with Gasteiger partial charge in [0.05, 0.1) is 13.7 Å². The van der Waals surface area contributed by atoms with Gasteiger partial charge in [-0.05, 0) is 22.6 Å². The lowest BCUT2D eigenvalue weighted by molar-refractivity contribution is -0.396. The number of nitrogens with two attached hydrogens (primary N) is 1. The average Bonchev–Trinajstić information content (AvgIpc) is 3.06. The summed E-state index contributed by atoms with van der Waals surface area (Å²) in [6, 6.07) is 4.06. The zero-order chi connectivity index (χ0) is 22.3. The lowest BCUT2D eigenvalue weighted by Gasteiger charge is -2.26. The van der Waals surface area contributed by atoms with Crippen molar-refractivity contribution >= 4 is 36.8 Å². The first-order chi connectivity index (χ1) is 14.2. The van der Waals surface area contributed by atoms with Crippen molar-refractivity contribution in [1.29, 1.82) is 0 Å². The molecule has 0 aliphatic rings. The third-order valence-electron chi connectivity index (χ3n) is 4.09. The lowest BCUT2D eigenvalue weighted by atomic mass is 10.2. The number of nitrogens with zero attached hydrogens (tertiary/aromatic N) is 4. The molecular formula is C16H21Cl2FN5O5P. The van der Waals surface area contributed by atoms with Crippen LogP contribution >= 0.6 is 30.9 Å². The minimum atomic E-state index is -3.65. The molecule has 2 aromatic rings. The number of nitro groups is 1. The summed E-state index contributed by atoms with van der Waals surface area (Å²) in [4.78, 5) is 13.9. The lowest BCUT2D eigenvalue weighted by Crippen LogP contribution is -2.29. The van der Waals surface area contributed by atoms with E-state index in [4.69, 9.17) is 38.0 Å². The second kappa shape index (κ2) is 11.0. The highest BCUT2D eigenvalue weighted by atomic mass is 35.5. The van der Waals surface area contributed by atoms with E-state index in [1.54, 1.807) is 0 Å². The Hall–Kier alpha value is -1.75. The van der Waals surface area contributed by atoms with Crippen LogP contribution in [0.3, 0.4) is 0 Å². The molecule has 30 heavy (non-hydrogen) atoms. The summed E-state index contributed by atoms with van der Waals surface area (Å²) < 4.78 is 40.2. The van der Waals surface area contributed by atoms with E-state index in [-0.39, 0.29) is 49.8 Å². The van der Waals surface area contributed by atoms with Crippen LogP contribution in [-0.4, -0.2) is 44.0 Å². The standard InChI is InChI=1S/C16H21Cl2FN5O5P/c1-22-13(9-21-16(22)24(25)26)11-28-15-3-2-12(8-14(15)19)10-29-30(20,27)23(6-4-17)7-5-18/h2-3,8-9H,4-7,10-11H2,1H3,(H2,20,27). The second-order valence-corrected chi connectivity index (χ2v) is 8.80. The van der Waals surface area contributed by atoms with Crippen LogP contribution in [0.15, 0.2) is 24.4 Å². The van der Waals surface area contributed by atoms with E-state index >= 15 is 0 Å². The molecule has 0 radical (unpaired) electrons. The van der Waals surface area contributed by atoms with Gasteiger partial charge in [-0.2, -0.15) is 0 Å². The maximum Gasteiger partial charge on any atom is 0.434 e. The molecule has 1 aromatic heterocycles. The zero-order valence-corrected chi connectivity index (χ0v) is 18.4. The van der Waals surface area contributed by atoms with Crippen molar-refractivity contribution < 1.29 is 23.1 Å². The molecule has 1 aromatic carbocycles.